The lowest BCUT2D eigenvalue weighted by molar-refractivity contribution is -0.113. The molecule has 3 aromatic heterocycles. The minimum atomic E-state index is -0.186. The monoisotopic (exact) mass is 560 g/mol. The normalized spacial score (nSPS) is 13.3. The SMILES string of the molecule is Cc1cc(C)cc(-n2c(SCC(=O)Nc3ncc(Br)s3)nc3sc4c(c3c2=O)CCCC4)c1. The van der Waals surface area contributed by atoms with E-state index in [1.807, 2.05) is 26.0 Å². The lowest BCUT2D eigenvalue weighted by Crippen LogP contribution is -2.23. The molecule has 0 spiro atoms. The summed E-state index contributed by atoms with van der Waals surface area (Å²) < 4.78 is 2.53. The minimum absolute atomic E-state index is 0.0452. The van der Waals surface area contributed by atoms with Gasteiger partial charge in [-0.15, -0.1) is 11.3 Å². The number of nitrogens with zero attached hydrogens (tertiary/aromatic N) is 3. The molecule has 1 aromatic carbocycles. The number of carbonyl (C=O) groups is 1. The Kier molecular flexibility index (Phi) is 6.43. The van der Waals surface area contributed by atoms with Crippen LogP contribution >= 0.6 is 50.4 Å². The lowest BCUT2D eigenvalue weighted by atomic mass is 9.97. The Hall–Kier alpha value is -2.01. The molecule has 0 aliphatic heterocycles. The predicted octanol–water partition coefficient (Wildman–Crippen LogP) is 5.89. The number of hydrogen-bond donors (Lipinski definition) is 1. The van der Waals surface area contributed by atoms with Crippen molar-refractivity contribution >= 4 is 71.6 Å². The summed E-state index contributed by atoms with van der Waals surface area (Å²) in [6.45, 7) is 4.04. The Labute approximate surface area is 211 Å². The second-order valence-electron chi connectivity index (χ2n) is 8.08. The van der Waals surface area contributed by atoms with Crippen LogP contribution in [-0.4, -0.2) is 26.2 Å². The highest BCUT2D eigenvalue weighted by atomic mass is 79.9. The number of aromatic nitrogens is 3. The van der Waals surface area contributed by atoms with E-state index in [1.54, 1.807) is 22.1 Å². The van der Waals surface area contributed by atoms with E-state index in [0.717, 1.165) is 56.5 Å². The number of rotatable bonds is 5. The molecule has 4 aromatic rings. The second kappa shape index (κ2) is 9.32. The minimum Gasteiger partial charge on any atom is -0.301 e. The van der Waals surface area contributed by atoms with Crippen molar-refractivity contribution in [1.29, 1.82) is 0 Å². The number of benzene rings is 1. The van der Waals surface area contributed by atoms with Crippen molar-refractivity contribution in [3.8, 4) is 5.69 Å². The number of halogens is 1. The van der Waals surface area contributed by atoms with E-state index in [1.165, 1.54) is 33.5 Å². The number of carbonyl (C=O) groups excluding carboxylic acids is 1. The van der Waals surface area contributed by atoms with Crippen LogP contribution in [-0.2, 0) is 17.6 Å². The van der Waals surface area contributed by atoms with Gasteiger partial charge in [-0.2, -0.15) is 0 Å². The molecule has 3 heterocycles. The molecule has 33 heavy (non-hydrogen) atoms. The van der Waals surface area contributed by atoms with Gasteiger partial charge in [0, 0.05) is 4.88 Å². The first-order valence-electron chi connectivity index (χ1n) is 10.6. The molecule has 0 saturated heterocycles. The number of amides is 1. The average Bonchev–Trinajstić information content (AvgIpc) is 3.34. The van der Waals surface area contributed by atoms with Crippen molar-refractivity contribution in [1.82, 2.24) is 14.5 Å². The molecule has 10 heteroatoms. The van der Waals surface area contributed by atoms with Crippen molar-refractivity contribution < 1.29 is 4.79 Å². The third-order valence-electron chi connectivity index (χ3n) is 5.48. The van der Waals surface area contributed by atoms with E-state index in [2.05, 4.69) is 32.3 Å². The van der Waals surface area contributed by atoms with Crippen LogP contribution in [0.1, 0.15) is 34.4 Å². The molecule has 0 radical (unpaired) electrons. The van der Waals surface area contributed by atoms with Crippen molar-refractivity contribution in [2.75, 3.05) is 11.1 Å². The van der Waals surface area contributed by atoms with Gasteiger partial charge in [-0.3, -0.25) is 14.2 Å². The highest BCUT2D eigenvalue weighted by Gasteiger charge is 2.23. The molecule has 0 unspecified atom stereocenters. The Morgan fingerprint density at radius 3 is 2.67 bits per heavy atom. The summed E-state index contributed by atoms with van der Waals surface area (Å²) in [5, 5.41) is 4.62. The molecule has 5 rings (SSSR count). The topological polar surface area (TPSA) is 76.9 Å². The summed E-state index contributed by atoms with van der Waals surface area (Å²) in [5.74, 6) is -0.0564. The Morgan fingerprint density at radius 1 is 1.18 bits per heavy atom. The number of hydrogen-bond acceptors (Lipinski definition) is 7. The van der Waals surface area contributed by atoms with E-state index in [9.17, 15) is 9.59 Å². The van der Waals surface area contributed by atoms with Gasteiger partial charge in [-0.05, 0) is 84.3 Å². The molecule has 1 aliphatic carbocycles. The van der Waals surface area contributed by atoms with Crippen LogP contribution in [0.15, 0.2) is 38.1 Å². The number of aryl methyl sites for hydroxylation is 4. The quantitative estimate of drug-likeness (QED) is 0.243. The van der Waals surface area contributed by atoms with Gasteiger partial charge in [-0.1, -0.05) is 29.2 Å². The number of thioether (sulfide) groups is 1. The summed E-state index contributed by atoms with van der Waals surface area (Å²) in [6.07, 6.45) is 5.84. The largest absolute Gasteiger partial charge is 0.301 e. The average molecular weight is 562 g/mol. The predicted molar refractivity (Wildman–Crippen MR) is 141 cm³/mol. The Balaban J connectivity index is 1.57. The molecule has 0 saturated carbocycles. The van der Waals surface area contributed by atoms with Crippen molar-refractivity contribution in [2.24, 2.45) is 0 Å². The Morgan fingerprint density at radius 2 is 1.94 bits per heavy atom. The van der Waals surface area contributed by atoms with E-state index in [4.69, 9.17) is 4.98 Å². The summed E-state index contributed by atoms with van der Waals surface area (Å²) in [5.41, 5.74) is 4.06. The zero-order valence-corrected chi connectivity index (χ0v) is 22.1. The van der Waals surface area contributed by atoms with Crippen LogP contribution < -0.4 is 10.9 Å². The fourth-order valence-corrected chi connectivity index (χ4v) is 7.43. The second-order valence-corrected chi connectivity index (χ2v) is 12.5. The van der Waals surface area contributed by atoms with Gasteiger partial charge in [0.25, 0.3) is 5.56 Å². The number of nitrogens with one attached hydrogen (secondary N) is 1. The molecular formula is C23H21BrN4O2S3. The maximum atomic E-state index is 13.8. The van der Waals surface area contributed by atoms with E-state index in [-0.39, 0.29) is 17.2 Å². The van der Waals surface area contributed by atoms with Crippen molar-refractivity contribution in [3.63, 3.8) is 0 Å². The zero-order valence-electron chi connectivity index (χ0n) is 18.1. The smallest absolute Gasteiger partial charge is 0.267 e. The number of thiazole rings is 1. The van der Waals surface area contributed by atoms with E-state index < -0.39 is 0 Å². The van der Waals surface area contributed by atoms with Crippen LogP contribution in [0, 0.1) is 13.8 Å². The van der Waals surface area contributed by atoms with Crippen LogP contribution in [0.25, 0.3) is 15.9 Å². The highest BCUT2D eigenvalue weighted by molar-refractivity contribution is 9.11. The molecule has 0 atom stereocenters. The van der Waals surface area contributed by atoms with Gasteiger partial charge in [0.15, 0.2) is 10.3 Å². The van der Waals surface area contributed by atoms with Gasteiger partial charge >= 0.3 is 0 Å². The molecular weight excluding hydrogens is 540 g/mol. The third kappa shape index (κ3) is 4.66. The third-order valence-corrected chi connectivity index (χ3v) is 8.99. The summed E-state index contributed by atoms with van der Waals surface area (Å²) in [6, 6.07) is 6.08. The van der Waals surface area contributed by atoms with Gasteiger partial charge in [0.1, 0.15) is 4.83 Å². The first-order valence-corrected chi connectivity index (χ1v) is 14.0. The molecule has 0 bridgehead atoms. The highest BCUT2D eigenvalue weighted by Crippen LogP contribution is 2.35. The molecule has 1 amide bonds. The van der Waals surface area contributed by atoms with Gasteiger partial charge < -0.3 is 5.32 Å². The van der Waals surface area contributed by atoms with Crippen LogP contribution in [0.3, 0.4) is 0 Å². The Bertz CT molecular complexity index is 1420. The number of fused-ring (bicyclic) bond motifs is 3. The van der Waals surface area contributed by atoms with E-state index >= 15 is 0 Å². The fraction of sp³-hybridized carbons (Fsp3) is 0.304. The van der Waals surface area contributed by atoms with Crippen molar-refractivity contribution in [3.05, 3.63) is 60.1 Å². The first kappa shape index (κ1) is 22.8. The maximum absolute atomic E-state index is 13.8. The fourth-order valence-electron chi connectivity index (χ4n) is 4.19. The van der Waals surface area contributed by atoms with Gasteiger partial charge in [0.05, 0.1) is 26.8 Å². The maximum Gasteiger partial charge on any atom is 0.267 e. The van der Waals surface area contributed by atoms with E-state index in [0.29, 0.717) is 10.3 Å². The molecule has 170 valence electrons. The van der Waals surface area contributed by atoms with Crippen LogP contribution in [0.5, 0.6) is 0 Å². The van der Waals surface area contributed by atoms with Gasteiger partial charge in [0.2, 0.25) is 5.91 Å². The van der Waals surface area contributed by atoms with Gasteiger partial charge in [-0.25, -0.2) is 9.97 Å². The molecule has 1 N–H and O–H groups in total. The molecule has 1 aliphatic rings. The molecule has 0 fully saturated rings. The standard InChI is InChI=1S/C23H21BrN4O2S3/c1-12-7-13(2)9-14(8-12)28-21(30)19-15-5-3-4-6-16(15)32-20(19)27-23(28)31-11-18(29)26-22-25-10-17(24)33-22/h7-10H,3-6,11H2,1-2H3,(H,25,26,29). The van der Waals surface area contributed by atoms with Crippen molar-refractivity contribution in [2.45, 2.75) is 44.7 Å². The first-order chi connectivity index (χ1) is 15.9. The summed E-state index contributed by atoms with van der Waals surface area (Å²) >= 11 is 7.61. The van der Waals surface area contributed by atoms with Crippen LogP contribution in [0.4, 0.5) is 5.13 Å². The number of thiophene rings is 1. The van der Waals surface area contributed by atoms with Crippen LogP contribution in [0.2, 0.25) is 0 Å². The summed E-state index contributed by atoms with van der Waals surface area (Å²) in [7, 11) is 0. The zero-order chi connectivity index (χ0) is 23.1. The molecule has 6 nitrogen and oxygen atoms in total. The lowest BCUT2D eigenvalue weighted by Gasteiger charge is -2.14. The number of anilines is 1. The summed E-state index contributed by atoms with van der Waals surface area (Å²) in [4.78, 5) is 37.5.